The third kappa shape index (κ3) is 5.74. The van der Waals surface area contributed by atoms with E-state index in [9.17, 15) is 9.90 Å². The van der Waals surface area contributed by atoms with E-state index in [-0.39, 0.29) is 0 Å². The van der Waals surface area contributed by atoms with E-state index in [1.807, 2.05) is 29.8 Å². The van der Waals surface area contributed by atoms with Gasteiger partial charge in [0.1, 0.15) is 11.3 Å². The molecule has 4 rings (SSSR count). The molecule has 0 saturated heterocycles. The summed E-state index contributed by atoms with van der Waals surface area (Å²) in [6.45, 7) is 3.44. The van der Waals surface area contributed by atoms with Gasteiger partial charge in [-0.3, -0.25) is 9.78 Å². The van der Waals surface area contributed by atoms with Crippen LogP contribution in [0.3, 0.4) is 0 Å². The van der Waals surface area contributed by atoms with Gasteiger partial charge < -0.3 is 15.2 Å². The van der Waals surface area contributed by atoms with Crippen LogP contribution in [-0.4, -0.2) is 33.2 Å². The summed E-state index contributed by atoms with van der Waals surface area (Å²) in [5, 5.41) is 15.5. The zero-order valence-electron chi connectivity index (χ0n) is 16.1. The first-order valence-electron chi connectivity index (χ1n) is 9.32. The maximum Gasteiger partial charge on any atom is 0.213 e. The molecule has 0 bridgehead atoms. The van der Waals surface area contributed by atoms with E-state index >= 15 is 0 Å². The number of anilines is 1. The number of carbonyl (C=O) groups is 1. The van der Waals surface area contributed by atoms with Gasteiger partial charge in [-0.25, -0.2) is 4.98 Å². The molecule has 1 aliphatic rings. The van der Waals surface area contributed by atoms with Crippen molar-refractivity contribution in [2.45, 2.75) is 51.2 Å². The van der Waals surface area contributed by atoms with Crippen LogP contribution in [0.2, 0.25) is 0 Å². The van der Waals surface area contributed by atoms with Gasteiger partial charge in [0.15, 0.2) is 5.13 Å². The second-order valence-electron chi connectivity index (χ2n) is 7.40. The van der Waals surface area contributed by atoms with Crippen molar-refractivity contribution in [3.05, 3.63) is 47.6 Å². The Morgan fingerprint density at radius 2 is 2.11 bits per heavy atom. The van der Waals surface area contributed by atoms with Gasteiger partial charge in [-0.05, 0) is 45.2 Å². The van der Waals surface area contributed by atoms with Crippen molar-refractivity contribution in [3.8, 4) is 5.75 Å². The van der Waals surface area contributed by atoms with Crippen molar-refractivity contribution in [1.29, 1.82) is 0 Å². The molecular formula is C21H25N3O3S. The maximum absolute atomic E-state index is 10.1. The number of nitrogens with one attached hydrogen (secondary N) is 1. The van der Waals surface area contributed by atoms with Crippen LogP contribution >= 0.6 is 11.3 Å². The smallest absolute Gasteiger partial charge is 0.213 e. The zero-order valence-corrected chi connectivity index (χ0v) is 16.9. The Bertz CT molecular complexity index is 911. The molecule has 6 nitrogen and oxygen atoms in total. The van der Waals surface area contributed by atoms with Gasteiger partial charge in [0.25, 0.3) is 0 Å². The molecule has 7 heteroatoms. The molecule has 1 aliphatic carbocycles. The van der Waals surface area contributed by atoms with Crippen LogP contribution in [0.1, 0.15) is 38.8 Å². The van der Waals surface area contributed by atoms with E-state index in [0.29, 0.717) is 24.1 Å². The summed E-state index contributed by atoms with van der Waals surface area (Å²) >= 11 is 1.35. The van der Waals surface area contributed by atoms with E-state index in [2.05, 4.69) is 27.4 Å². The molecule has 0 radical (unpaired) electrons. The van der Waals surface area contributed by atoms with E-state index < -0.39 is 5.60 Å². The summed E-state index contributed by atoms with van der Waals surface area (Å²) in [4.78, 5) is 18.5. The van der Waals surface area contributed by atoms with Gasteiger partial charge in [0, 0.05) is 23.4 Å². The summed E-state index contributed by atoms with van der Waals surface area (Å²) in [6.07, 6.45) is 6.97. The van der Waals surface area contributed by atoms with E-state index in [1.54, 1.807) is 13.8 Å². The van der Waals surface area contributed by atoms with Crippen LogP contribution < -0.4 is 10.1 Å². The molecule has 28 heavy (non-hydrogen) atoms. The SMILES string of the molecule is CC(C)(O)Cc1csc(NC=O)n1.c1cnc2c(OC3CCC3)cccc2c1. The summed E-state index contributed by atoms with van der Waals surface area (Å²) in [6, 6.07) is 10.1. The number of hydrogen-bond donors (Lipinski definition) is 2. The first kappa shape index (κ1) is 20.2. The van der Waals surface area contributed by atoms with Crippen molar-refractivity contribution in [1.82, 2.24) is 9.97 Å². The van der Waals surface area contributed by atoms with Crippen molar-refractivity contribution < 1.29 is 14.6 Å². The Labute approximate surface area is 168 Å². The van der Waals surface area contributed by atoms with Crippen LogP contribution in [0.25, 0.3) is 10.9 Å². The van der Waals surface area contributed by atoms with Crippen LogP contribution in [0.4, 0.5) is 5.13 Å². The van der Waals surface area contributed by atoms with Gasteiger partial charge in [0.05, 0.1) is 17.4 Å². The number of thiazole rings is 1. The maximum atomic E-state index is 10.1. The Hall–Kier alpha value is -2.51. The normalized spacial score (nSPS) is 14.0. The highest BCUT2D eigenvalue weighted by molar-refractivity contribution is 7.13. The van der Waals surface area contributed by atoms with Gasteiger partial charge >= 0.3 is 0 Å². The van der Waals surface area contributed by atoms with Crippen LogP contribution in [0.15, 0.2) is 41.9 Å². The van der Waals surface area contributed by atoms with Crippen molar-refractivity contribution in [3.63, 3.8) is 0 Å². The van der Waals surface area contributed by atoms with Crippen LogP contribution in [-0.2, 0) is 11.2 Å². The number of ether oxygens (including phenoxy) is 1. The number of aromatic nitrogens is 2. The minimum Gasteiger partial charge on any atom is -0.488 e. The average molecular weight is 400 g/mol. The minimum absolute atomic E-state index is 0.414. The van der Waals surface area contributed by atoms with Crippen LogP contribution in [0, 0.1) is 0 Å². The van der Waals surface area contributed by atoms with E-state index in [0.717, 1.165) is 22.3 Å². The minimum atomic E-state index is -0.757. The predicted molar refractivity (Wildman–Crippen MR) is 112 cm³/mol. The summed E-state index contributed by atoms with van der Waals surface area (Å²) in [5.74, 6) is 0.929. The number of fused-ring (bicyclic) bond motifs is 1. The second-order valence-corrected chi connectivity index (χ2v) is 8.26. The molecule has 0 unspecified atom stereocenters. The fourth-order valence-corrected chi connectivity index (χ4v) is 3.46. The molecule has 0 aliphatic heterocycles. The predicted octanol–water partition coefficient (Wildman–Crippen LogP) is 4.19. The Morgan fingerprint density at radius 3 is 2.79 bits per heavy atom. The largest absolute Gasteiger partial charge is 0.488 e. The third-order valence-electron chi connectivity index (χ3n) is 4.29. The van der Waals surface area contributed by atoms with Gasteiger partial charge in [0.2, 0.25) is 6.41 Å². The molecular weight excluding hydrogens is 374 g/mol. The Morgan fingerprint density at radius 1 is 1.32 bits per heavy atom. The molecule has 148 valence electrons. The highest BCUT2D eigenvalue weighted by atomic mass is 32.1. The summed E-state index contributed by atoms with van der Waals surface area (Å²) in [7, 11) is 0. The molecule has 0 spiro atoms. The van der Waals surface area contributed by atoms with Gasteiger partial charge in [-0.2, -0.15) is 0 Å². The topological polar surface area (TPSA) is 84.3 Å². The summed E-state index contributed by atoms with van der Waals surface area (Å²) < 4.78 is 5.90. The highest BCUT2D eigenvalue weighted by Gasteiger charge is 2.20. The highest BCUT2D eigenvalue weighted by Crippen LogP contribution is 2.29. The number of pyridine rings is 1. The van der Waals surface area contributed by atoms with Gasteiger partial charge in [-0.15, -0.1) is 11.3 Å². The standard InChI is InChI=1S/C13H13NO.C8H12N2O2S/c1-4-10-5-3-9-14-13(10)12(8-1)15-11-6-2-7-11;1-8(2,12)3-6-4-13-7(10-6)9-5-11/h1,3-5,8-9,11H,2,6-7H2;4-5,12H,3H2,1-2H3,(H,9,10,11). The lowest BCUT2D eigenvalue weighted by Gasteiger charge is -2.26. The average Bonchev–Trinajstić information content (AvgIpc) is 3.04. The quantitative estimate of drug-likeness (QED) is 0.607. The molecule has 2 N–H and O–H groups in total. The Balaban J connectivity index is 0.000000163. The fraction of sp³-hybridized carbons (Fsp3) is 0.381. The van der Waals surface area contributed by atoms with E-state index in [4.69, 9.17) is 4.74 Å². The van der Waals surface area contributed by atoms with E-state index in [1.165, 1.54) is 30.6 Å². The lowest BCUT2D eigenvalue weighted by molar-refractivity contribution is -0.105. The molecule has 2 aromatic heterocycles. The van der Waals surface area contributed by atoms with Crippen molar-refractivity contribution in [2.24, 2.45) is 0 Å². The number of para-hydroxylation sites is 1. The third-order valence-corrected chi connectivity index (χ3v) is 5.11. The summed E-state index contributed by atoms with van der Waals surface area (Å²) in [5.41, 5.74) is 1.01. The van der Waals surface area contributed by atoms with Crippen molar-refractivity contribution >= 4 is 33.8 Å². The molecule has 1 amide bonds. The molecule has 2 heterocycles. The van der Waals surface area contributed by atoms with Crippen molar-refractivity contribution in [2.75, 3.05) is 5.32 Å². The first-order valence-corrected chi connectivity index (χ1v) is 10.2. The number of nitrogens with zero attached hydrogens (tertiary/aromatic N) is 2. The molecule has 0 atom stereocenters. The number of carbonyl (C=O) groups excluding carboxylic acids is 1. The molecule has 1 fully saturated rings. The first-order chi connectivity index (χ1) is 13.4. The Kier molecular flexibility index (Phi) is 6.59. The number of rotatable bonds is 6. The lowest BCUT2D eigenvalue weighted by atomic mass is 9.96. The number of benzene rings is 1. The van der Waals surface area contributed by atoms with Crippen LogP contribution in [0.5, 0.6) is 5.75 Å². The number of amides is 1. The molecule has 1 saturated carbocycles. The van der Waals surface area contributed by atoms with Gasteiger partial charge in [-0.1, -0.05) is 18.2 Å². The number of hydrogen-bond acceptors (Lipinski definition) is 6. The second kappa shape index (κ2) is 9.12. The monoisotopic (exact) mass is 399 g/mol. The zero-order chi connectivity index (χ0) is 20.0. The fourth-order valence-electron chi connectivity index (χ4n) is 2.79. The number of aliphatic hydroxyl groups is 1. The molecule has 3 aromatic rings. The molecule has 1 aromatic carbocycles. The lowest BCUT2D eigenvalue weighted by Crippen LogP contribution is -2.24.